The van der Waals surface area contributed by atoms with Gasteiger partial charge in [0.05, 0.1) is 0 Å². The minimum atomic E-state index is -0.908. The average Bonchev–Trinajstić information content (AvgIpc) is 2.90. The van der Waals surface area contributed by atoms with Gasteiger partial charge in [-0.3, -0.25) is 0 Å². The van der Waals surface area contributed by atoms with E-state index in [0.29, 0.717) is 25.4 Å². The lowest BCUT2D eigenvalue weighted by molar-refractivity contribution is -0.144. The fraction of sp³-hybridized carbons (Fsp3) is 0.571. The Morgan fingerprint density at radius 1 is 1.55 bits per heavy atom. The number of rotatable bonds is 3. The van der Waals surface area contributed by atoms with Crippen molar-refractivity contribution in [2.24, 2.45) is 5.92 Å². The van der Waals surface area contributed by atoms with Crippen LogP contribution in [0, 0.1) is 5.92 Å². The number of nitrogens with zero attached hydrogens (tertiary/aromatic N) is 2. The normalized spacial score (nSPS) is 22.6. The molecule has 5 nitrogen and oxygen atoms in total. The van der Waals surface area contributed by atoms with E-state index in [9.17, 15) is 14.7 Å². The van der Waals surface area contributed by atoms with E-state index in [1.807, 2.05) is 23.8 Å². The lowest BCUT2D eigenvalue weighted by atomic mass is 9.92. The molecule has 1 N–H and O–H groups in total. The van der Waals surface area contributed by atoms with E-state index in [1.165, 1.54) is 4.90 Å². The first-order valence-electron chi connectivity index (χ1n) is 6.74. The number of carbonyl (C=O) groups excluding carboxylic acids is 1. The average molecular weight is 296 g/mol. The fourth-order valence-electron chi connectivity index (χ4n) is 2.55. The summed E-state index contributed by atoms with van der Waals surface area (Å²) in [5.74, 6) is -0.559. The van der Waals surface area contributed by atoms with Gasteiger partial charge in [0.2, 0.25) is 0 Å². The predicted octanol–water partition coefficient (Wildman–Crippen LogP) is 2.49. The third-order valence-electron chi connectivity index (χ3n) is 3.72. The van der Waals surface area contributed by atoms with E-state index in [-0.39, 0.29) is 6.03 Å². The van der Waals surface area contributed by atoms with Crippen LogP contribution in [-0.4, -0.2) is 46.5 Å². The van der Waals surface area contributed by atoms with Crippen molar-refractivity contribution < 1.29 is 14.7 Å². The molecule has 6 heteroatoms. The smallest absolute Gasteiger partial charge is 0.326 e. The summed E-state index contributed by atoms with van der Waals surface area (Å²) in [5.41, 5.74) is 1.07. The van der Waals surface area contributed by atoms with Gasteiger partial charge in [-0.05, 0) is 41.1 Å². The SMILES string of the molecule is CC1CCN(C(=O)N(C)Cc2ccsc2)C(C(=O)O)C1. The summed E-state index contributed by atoms with van der Waals surface area (Å²) in [6, 6.07) is 1.08. The topological polar surface area (TPSA) is 60.9 Å². The van der Waals surface area contributed by atoms with Crippen molar-refractivity contribution >= 4 is 23.3 Å². The zero-order valence-corrected chi connectivity index (χ0v) is 12.6. The van der Waals surface area contributed by atoms with Crippen molar-refractivity contribution in [3.05, 3.63) is 22.4 Å². The van der Waals surface area contributed by atoms with Crippen LogP contribution in [0.1, 0.15) is 25.3 Å². The number of carboxylic acid groups (broad SMARTS) is 1. The third kappa shape index (κ3) is 3.30. The van der Waals surface area contributed by atoms with Gasteiger partial charge in [-0.15, -0.1) is 0 Å². The Morgan fingerprint density at radius 3 is 2.90 bits per heavy atom. The molecule has 2 atom stereocenters. The predicted molar refractivity (Wildman–Crippen MR) is 77.7 cm³/mol. The number of hydrogen-bond donors (Lipinski definition) is 1. The standard InChI is InChI=1S/C14H20N2O3S/c1-10-3-5-16(12(7-10)13(17)18)14(19)15(2)8-11-4-6-20-9-11/h4,6,9-10,12H,3,5,7-8H2,1-2H3,(H,17,18). The second kappa shape index (κ2) is 6.26. The number of likely N-dealkylation sites (tertiary alicyclic amines) is 1. The Kier molecular flexibility index (Phi) is 4.65. The molecular formula is C14H20N2O3S. The Bertz CT molecular complexity index is 475. The minimum Gasteiger partial charge on any atom is -0.480 e. The molecule has 0 bridgehead atoms. The highest BCUT2D eigenvalue weighted by atomic mass is 32.1. The van der Waals surface area contributed by atoms with E-state index in [0.717, 1.165) is 12.0 Å². The molecule has 1 aliphatic heterocycles. The number of carboxylic acids is 1. The van der Waals surface area contributed by atoms with Crippen molar-refractivity contribution in [2.45, 2.75) is 32.4 Å². The van der Waals surface area contributed by atoms with E-state index in [1.54, 1.807) is 23.3 Å². The molecule has 1 aromatic rings. The number of urea groups is 1. The number of thiophene rings is 1. The summed E-state index contributed by atoms with van der Waals surface area (Å²) >= 11 is 1.59. The van der Waals surface area contributed by atoms with Gasteiger partial charge in [-0.1, -0.05) is 6.92 Å². The zero-order valence-electron chi connectivity index (χ0n) is 11.8. The van der Waals surface area contributed by atoms with Crippen LogP contribution >= 0.6 is 11.3 Å². The molecule has 2 amide bonds. The summed E-state index contributed by atoms with van der Waals surface area (Å²) in [4.78, 5) is 26.9. The molecule has 1 saturated heterocycles. The fourth-order valence-corrected chi connectivity index (χ4v) is 3.21. The van der Waals surface area contributed by atoms with Gasteiger partial charge >= 0.3 is 12.0 Å². The second-order valence-corrected chi connectivity index (χ2v) is 6.23. The highest BCUT2D eigenvalue weighted by molar-refractivity contribution is 7.07. The van der Waals surface area contributed by atoms with Crippen LogP contribution in [0.3, 0.4) is 0 Å². The van der Waals surface area contributed by atoms with Gasteiger partial charge in [0.1, 0.15) is 6.04 Å². The molecule has 0 aliphatic carbocycles. The monoisotopic (exact) mass is 296 g/mol. The summed E-state index contributed by atoms with van der Waals surface area (Å²) in [5, 5.41) is 13.3. The van der Waals surface area contributed by atoms with Crippen LogP contribution in [-0.2, 0) is 11.3 Å². The lowest BCUT2D eigenvalue weighted by Gasteiger charge is -2.38. The van der Waals surface area contributed by atoms with Crippen LogP contribution in [0.25, 0.3) is 0 Å². The van der Waals surface area contributed by atoms with Gasteiger partial charge in [-0.2, -0.15) is 11.3 Å². The molecule has 1 aliphatic rings. The van der Waals surface area contributed by atoms with Gasteiger partial charge in [0.15, 0.2) is 0 Å². The van der Waals surface area contributed by atoms with Crippen LogP contribution in [0.5, 0.6) is 0 Å². The number of amides is 2. The van der Waals surface area contributed by atoms with E-state index in [4.69, 9.17) is 0 Å². The number of aliphatic carboxylic acids is 1. The molecule has 1 fully saturated rings. The molecule has 0 radical (unpaired) electrons. The van der Waals surface area contributed by atoms with Crippen LogP contribution in [0.2, 0.25) is 0 Å². The summed E-state index contributed by atoms with van der Waals surface area (Å²) < 4.78 is 0. The molecule has 0 saturated carbocycles. The maximum atomic E-state index is 12.4. The molecule has 0 spiro atoms. The largest absolute Gasteiger partial charge is 0.480 e. The summed E-state index contributed by atoms with van der Waals surface area (Å²) in [7, 11) is 1.72. The van der Waals surface area contributed by atoms with Crippen LogP contribution < -0.4 is 0 Å². The molecule has 2 unspecified atom stereocenters. The number of carbonyl (C=O) groups is 2. The first-order valence-corrected chi connectivity index (χ1v) is 7.69. The van der Waals surface area contributed by atoms with Crippen LogP contribution in [0.15, 0.2) is 16.8 Å². The first-order chi connectivity index (χ1) is 9.49. The second-order valence-electron chi connectivity index (χ2n) is 5.45. The van der Waals surface area contributed by atoms with Crippen molar-refractivity contribution in [3.63, 3.8) is 0 Å². The lowest BCUT2D eigenvalue weighted by Crippen LogP contribution is -2.53. The maximum absolute atomic E-state index is 12.4. The van der Waals surface area contributed by atoms with E-state index in [2.05, 4.69) is 0 Å². The molecule has 110 valence electrons. The van der Waals surface area contributed by atoms with Crippen molar-refractivity contribution in [2.75, 3.05) is 13.6 Å². The van der Waals surface area contributed by atoms with Gasteiger partial charge in [0.25, 0.3) is 0 Å². The van der Waals surface area contributed by atoms with E-state index >= 15 is 0 Å². The minimum absolute atomic E-state index is 0.199. The highest BCUT2D eigenvalue weighted by Crippen LogP contribution is 2.24. The van der Waals surface area contributed by atoms with Gasteiger partial charge in [-0.25, -0.2) is 9.59 Å². The van der Waals surface area contributed by atoms with Crippen molar-refractivity contribution in [1.29, 1.82) is 0 Å². The highest BCUT2D eigenvalue weighted by Gasteiger charge is 2.35. The quantitative estimate of drug-likeness (QED) is 0.932. The molecule has 2 rings (SSSR count). The number of hydrogen-bond acceptors (Lipinski definition) is 3. The molecule has 1 aromatic heterocycles. The molecule has 2 heterocycles. The van der Waals surface area contributed by atoms with E-state index < -0.39 is 12.0 Å². The first kappa shape index (κ1) is 14.8. The van der Waals surface area contributed by atoms with Gasteiger partial charge in [0, 0.05) is 20.1 Å². The Morgan fingerprint density at radius 2 is 2.30 bits per heavy atom. The van der Waals surface area contributed by atoms with Crippen molar-refractivity contribution in [3.8, 4) is 0 Å². The summed E-state index contributed by atoms with van der Waals surface area (Å²) in [6.45, 7) is 3.07. The molecule has 0 aromatic carbocycles. The van der Waals surface area contributed by atoms with Crippen LogP contribution in [0.4, 0.5) is 4.79 Å². The third-order valence-corrected chi connectivity index (χ3v) is 4.45. The Balaban J connectivity index is 2.04. The Hall–Kier alpha value is -1.56. The summed E-state index contributed by atoms with van der Waals surface area (Å²) in [6.07, 6.45) is 1.40. The maximum Gasteiger partial charge on any atom is 0.326 e. The Labute approximate surface area is 122 Å². The zero-order chi connectivity index (χ0) is 14.7. The number of piperidine rings is 1. The molecular weight excluding hydrogens is 276 g/mol. The molecule has 20 heavy (non-hydrogen) atoms. The van der Waals surface area contributed by atoms with Gasteiger partial charge < -0.3 is 14.9 Å². The van der Waals surface area contributed by atoms with Crippen molar-refractivity contribution in [1.82, 2.24) is 9.80 Å².